The third kappa shape index (κ3) is 4.01. The molecule has 13 heavy (non-hydrogen) atoms. The number of nitrogens with zero attached hydrogens (tertiary/aromatic N) is 2. The van der Waals surface area contributed by atoms with Gasteiger partial charge in [-0.05, 0) is 23.6 Å². The van der Waals surface area contributed by atoms with E-state index in [2.05, 4.69) is 18.8 Å². The lowest BCUT2D eigenvalue weighted by Gasteiger charge is -2.18. The van der Waals surface area contributed by atoms with Gasteiger partial charge in [-0.3, -0.25) is 10.8 Å². The molecule has 2 N–H and O–H groups in total. The fourth-order valence-corrected chi connectivity index (χ4v) is 1.26. The van der Waals surface area contributed by atoms with Gasteiger partial charge in [-0.25, -0.2) is 5.01 Å². The first-order chi connectivity index (χ1) is 6.18. The van der Waals surface area contributed by atoms with Crippen molar-refractivity contribution in [1.29, 1.82) is 0 Å². The van der Waals surface area contributed by atoms with Gasteiger partial charge in [0.05, 0.1) is 0 Å². The smallest absolute Gasteiger partial charge is 0.0380 e. The van der Waals surface area contributed by atoms with E-state index in [0.717, 1.165) is 13.1 Å². The standard InChI is InChI=1S/C10H17N3/c1-9(2)7-13(11)8-10-3-5-12-6-4-10/h3-6,9H,7-8,11H2,1-2H3. The predicted octanol–water partition coefficient (Wildman–Crippen LogP) is 1.41. The van der Waals surface area contributed by atoms with Crippen LogP contribution in [-0.2, 0) is 6.54 Å². The van der Waals surface area contributed by atoms with Gasteiger partial charge in [0.2, 0.25) is 0 Å². The summed E-state index contributed by atoms with van der Waals surface area (Å²) in [6.07, 6.45) is 3.58. The molecule has 0 aromatic carbocycles. The number of rotatable bonds is 4. The lowest BCUT2D eigenvalue weighted by atomic mass is 10.2. The first-order valence-electron chi connectivity index (χ1n) is 4.57. The molecule has 0 saturated heterocycles. The molecule has 0 amide bonds. The summed E-state index contributed by atoms with van der Waals surface area (Å²) in [5.41, 5.74) is 1.21. The molecule has 0 spiro atoms. The Hall–Kier alpha value is -0.930. The Bertz CT molecular complexity index is 233. The molecule has 0 aliphatic carbocycles. The van der Waals surface area contributed by atoms with Gasteiger partial charge in [-0.2, -0.15) is 0 Å². The van der Waals surface area contributed by atoms with Gasteiger partial charge < -0.3 is 0 Å². The molecule has 1 heterocycles. The molecular formula is C10H17N3. The monoisotopic (exact) mass is 179 g/mol. The van der Waals surface area contributed by atoms with Crippen LogP contribution in [0.1, 0.15) is 19.4 Å². The second kappa shape index (κ2) is 4.94. The van der Waals surface area contributed by atoms with Crippen molar-refractivity contribution in [2.75, 3.05) is 6.54 Å². The third-order valence-corrected chi connectivity index (χ3v) is 1.73. The lowest BCUT2D eigenvalue weighted by Crippen LogP contribution is -2.33. The van der Waals surface area contributed by atoms with Crippen LogP contribution in [0, 0.1) is 5.92 Å². The molecule has 3 nitrogen and oxygen atoms in total. The molecule has 0 atom stereocenters. The van der Waals surface area contributed by atoms with Crippen LogP contribution < -0.4 is 5.84 Å². The van der Waals surface area contributed by atoms with Crippen molar-refractivity contribution in [2.45, 2.75) is 20.4 Å². The fraction of sp³-hybridized carbons (Fsp3) is 0.500. The minimum Gasteiger partial charge on any atom is -0.268 e. The first-order valence-corrected chi connectivity index (χ1v) is 4.57. The Morgan fingerprint density at radius 2 is 2.00 bits per heavy atom. The van der Waals surface area contributed by atoms with Gasteiger partial charge >= 0.3 is 0 Å². The number of hydrazine groups is 1. The lowest BCUT2D eigenvalue weighted by molar-refractivity contribution is 0.243. The molecule has 0 saturated carbocycles. The maximum atomic E-state index is 5.82. The van der Waals surface area contributed by atoms with Crippen LogP contribution in [-0.4, -0.2) is 16.5 Å². The van der Waals surface area contributed by atoms with E-state index >= 15 is 0 Å². The van der Waals surface area contributed by atoms with Gasteiger partial charge in [0, 0.05) is 25.5 Å². The molecule has 0 unspecified atom stereocenters. The van der Waals surface area contributed by atoms with E-state index < -0.39 is 0 Å². The van der Waals surface area contributed by atoms with E-state index in [0.29, 0.717) is 5.92 Å². The summed E-state index contributed by atoms with van der Waals surface area (Å²) in [4.78, 5) is 3.95. The maximum absolute atomic E-state index is 5.82. The normalized spacial score (nSPS) is 11.2. The summed E-state index contributed by atoms with van der Waals surface area (Å²) in [5, 5.41) is 1.83. The summed E-state index contributed by atoms with van der Waals surface area (Å²) in [6, 6.07) is 3.97. The quantitative estimate of drug-likeness (QED) is 0.561. The zero-order valence-electron chi connectivity index (χ0n) is 8.27. The second-order valence-electron chi connectivity index (χ2n) is 3.68. The predicted molar refractivity (Wildman–Crippen MR) is 53.7 cm³/mol. The molecule has 0 fully saturated rings. The molecule has 1 aromatic heterocycles. The average Bonchev–Trinajstić information content (AvgIpc) is 2.04. The maximum Gasteiger partial charge on any atom is 0.0380 e. The van der Waals surface area contributed by atoms with Crippen LogP contribution in [0.15, 0.2) is 24.5 Å². The van der Waals surface area contributed by atoms with Crippen molar-refractivity contribution in [3.8, 4) is 0 Å². The first kappa shape index (κ1) is 10.2. The van der Waals surface area contributed by atoms with Crippen LogP contribution in [0.5, 0.6) is 0 Å². The van der Waals surface area contributed by atoms with Crippen molar-refractivity contribution in [3.63, 3.8) is 0 Å². The topological polar surface area (TPSA) is 42.1 Å². The van der Waals surface area contributed by atoms with Crippen LogP contribution in [0.3, 0.4) is 0 Å². The minimum atomic E-state index is 0.604. The van der Waals surface area contributed by atoms with Gasteiger partial charge in [-0.1, -0.05) is 13.8 Å². The van der Waals surface area contributed by atoms with Crippen LogP contribution in [0.2, 0.25) is 0 Å². The Kier molecular flexibility index (Phi) is 3.86. The van der Waals surface area contributed by atoms with E-state index in [1.807, 2.05) is 17.1 Å². The van der Waals surface area contributed by atoms with E-state index in [1.54, 1.807) is 12.4 Å². The summed E-state index contributed by atoms with van der Waals surface area (Å²) in [6.45, 7) is 6.03. The van der Waals surface area contributed by atoms with Gasteiger partial charge in [0.1, 0.15) is 0 Å². The highest BCUT2D eigenvalue weighted by atomic mass is 15.4. The van der Waals surface area contributed by atoms with E-state index in [-0.39, 0.29) is 0 Å². The van der Waals surface area contributed by atoms with Crippen molar-refractivity contribution in [3.05, 3.63) is 30.1 Å². The highest BCUT2D eigenvalue weighted by Gasteiger charge is 2.02. The second-order valence-corrected chi connectivity index (χ2v) is 3.68. The molecule has 0 radical (unpaired) electrons. The Balaban J connectivity index is 2.41. The molecule has 72 valence electrons. The summed E-state index contributed by atoms with van der Waals surface area (Å²) < 4.78 is 0. The Morgan fingerprint density at radius 1 is 1.38 bits per heavy atom. The largest absolute Gasteiger partial charge is 0.268 e. The van der Waals surface area contributed by atoms with Gasteiger partial charge in [-0.15, -0.1) is 0 Å². The SMILES string of the molecule is CC(C)CN(N)Cc1ccncc1. The number of aromatic nitrogens is 1. The van der Waals surface area contributed by atoms with Gasteiger partial charge in [0.25, 0.3) is 0 Å². The van der Waals surface area contributed by atoms with Gasteiger partial charge in [0.15, 0.2) is 0 Å². The van der Waals surface area contributed by atoms with Crippen molar-refractivity contribution < 1.29 is 0 Å². The fourth-order valence-electron chi connectivity index (χ4n) is 1.26. The minimum absolute atomic E-state index is 0.604. The molecule has 1 aromatic rings. The van der Waals surface area contributed by atoms with E-state index in [1.165, 1.54) is 5.56 Å². The van der Waals surface area contributed by atoms with Crippen LogP contribution in [0.4, 0.5) is 0 Å². The molecule has 1 rings (SSSR count). The van der Waals surface area contributed by atoms with E-state index in [4.69, 9.17) is 5.84 Å². The average molecular weight is 179 g/mol. The molecule has 0 aliphatic heterocycles. The van der Waals surface area contributed by atoms with Crippen LogP contribution >= 0.6 is 0 Å². The van der Waals surface area contributed by atoms with Crippen molar-refractivity contribution in [1.82, 2.24) is 9.99 Å². The molecule has 3 heteroatoms. The van der Waals surface area contributed by atoms with E-state index in [9.17, 15) is 0 Å². The number of nitrogens with two attached hydrogens (primary N) is 1. The number of hydrogen-bond donors (Lipinski definition) is 1. The summed E-state index contributed by atoms with van der Waals surface area (Å²) in [5.74, 6) is 6.42. The highest BCUT2D eigenvalue weighted by Crippen LogP contribution is 2.01. The molecule has 0 aliphatic rings. The Labute approximate surface area is 79.5 Å². The summed E-state index contributed by atoms with van der Waals surface area (Å²) in [7, 11) is 0. The Morgan fingerprint density at radius 3 is 2.54 bits per heavy atom. The van der Waals surface area contributed by atoms with Crippen molar-refractivity contribution >= 4 is 0 Å². The zero-order chi connectivity index (χ0) is 9.68. The third-order valence-electron chi connectivity index (χ3n) is 1.73. The molecular weight excluding hydrogens is 162 g/mol. The summed E-state index contributed by atoms with van der Waals surface area (Å²) >= 11 is 0. The number of pyridine rings is 1. The molecule has 0 bridgehead atoms. The zero-order valence-corrected chi connectivity index (χ0v) is 8.27. The number of hydrogen-bond acceptors (Lipinski definition) is 3. The van der Waals surface area contributed by atoms with Crippen molar-refractivity contribution in [2.24, 2.45) is 11.8 Å². The highest BCUT2D eigenvalue weighted by molar-refractivity contribution is 5.08. The van der Waals surface area contributed by atoms with Crippen LogP contribution in [0.25, 0.3) is 0 Å².